The van der Waals surface area contributed by atoms with Crippen LogP contribution in [-0.4, -0.2) is 25.8 Å². The van der Waals surface area contributed by atoms with Crippen molar-refractivity contribution in [2.45, 2.75) is 24.7 Å². The molecule has 2 rings (SSSR count). The molecule has 0 radical (unpaired) electrons. The van der Waals surface area contributed by atoms with Crippen LogP contribution in [0.5, 0.6) is 0 Å². The first-order chi connectivity index (χ1) is 8.95. The molecular formula is C13H15FN2O2S. The molecule has 0 amide bonds. The molecule has 1 atom stereocenters. The third-order valence-corrected chi connectivity index (χ3v) is 5.34. The van der Waals surface area contributed by atoms with Crippen molar-refractivity contribution < 1.29 is 12.8 Å². The average molecular weight is 282 g/mol. The van der Waals surface area contributed by atoms with E-state index in [9.17, 15) is 12.8 Å². The Labute approximate surface area is 112 Å². The van der Waals surface area contributed by atoms with Crippen molar-refractivity contribution in [3.05, 3.63) is 29.6 Å². The summed E-state index contributed by atoms with van der Waals surface area (Å²) in [5.74, 6) is -0.851. The molecule has 6 heteroatoms. The van der Waals surface area contributed by atoms with E-state index in [0.29, 0.717) is 24.9 Å². The van der Waals surface area contributed by atoms with Crippen molar-refractivity contribution in [3.63, 3.8) is 0 Å². The second-order valence-electron chi connectivity index (χ2n) is 4.74. The van der Waals surface area contributed by atoms with Gasteiger partial charge in [0.05, 0.1) is 16.9 Å². The lowest BCUT2D eigenvalue weighted by Crippen LogP contribution is -2.39. The summed E-state index contributed by atoms with van der Waals surface area (Å²) in [6.45, 7) is 2.21. The van der Waals surface area contributed by atoms with Gasteiger partial charge in [-0.2, -0.15) is 9.57 Å². The van der Waals surface area contributed by atoms with Crippen LogP contribution in [0.2, 0.25) is 0 Å². The van der Waals surface area contributed by atoms with Crippen LogP contribution in [0.1, 0.15) is 18.4 Å². The van der Waals surface area contributed by atoms with Crippen LogP contribution in [0.25, 0.3) is 0 Å². The lowest BCUT2D eigenvalue weighted by Gasteiger charge is -2.29. The van der Waals surface area contributed by atoms with Gasteiger partial charge in [-0.1, -0.05) is 6.07 Å². The van der Waals surface area contributed by atoms with Crippen molar-refractivity contribution in [2.75, 3.05) is 13.1 Å². The highest BCUT2D eigenvalue weighted by atomic mass is 32.2. The largest absolute Gasteiger partial charge is 0.243 e. The monoisotopic (exact) mass is 282 g/mol. The Balaban J connectivity index is 2.37. The Bertz CT molecular complexity index is 622. The molecule has 0 spiro atoms. The molecule has 1 aliphatic rings. The Kier molecular flexibility index (Phi) is 3.88. The highest BCUT2D eigenvalue weighted by molar-refractivity contribution is 7.89. The second kappa shape index (κ2) is 5.27. The minimum absolute atomic E-state index is 0.00825. The Hall–Kier alpha value is -1.45. The first-order valence-electron chi connectivity index (χ1n) is 6.11. The average Bonchev–Trinajstić information content (AvgIpc) is 2.41. The molecule has 19 heavy (non-hydrogen) atoms. The lowest BCUT2D eigenvalue weighted by atomic mass is 10.0. The zero-order valence-electron chi connectivity index (χ0n) is 10.6. The van der Waals surface area contributed by atoms with Crippen LogP contribution in [0.4, 0.5) is 4.39 Å². The van der Waals surface area contributed by atoms with Crippen molar-refractivity contribution >= 4 is 10.0 Å². The lowest BCUT2D eigenvalue weighted by molar-refractivity contribution is 0.305. The highest BCUT2D eigenvalue weighted by Crippen LogP contribution is 2.25. The number of aryl methyl sites for hydroxylation is 1. The second-order valence-corrected chi connectivity index (χ2v) is 6.65. The first-order valence-corrected chi connectivity index (χ1v) is 7.55. The van der Waals surface area contributed by atoms with Crippen molar-refractivity contribution in [3.8, 4) is 6.07 Å². The van der Waals surface area contributed by atoms with Gasteiger partial charge in [-0.15, -0.1) is 0 Å². The molecule has 1 aromatic carbocycles. The van der Waals surface area contributed by atoms with E-state index in [1.54, 1.807) is 6.92 Å². The molecule has 0 saturated carbocycles. The maximum Gasteiger partial charge on any atom is 0.243 e. The van der Waals surface area contributed by atoms with E-state index in [4.69, 9.17) is 5.26 Å². The van der Waals surface area contributed by atoms with Gasteiger partial charge >= 0.3 is 0 Å². The summed E-state index contributed by atoms with van der Waals surface area (Å²) in [5, 5.41) is 8.91. The number of hydrogen-bond donors (Lipinski definition) is 0. The summed E-state index contributed by atoms with van der Waals surface area (Å²) < 4.78 is 39.5. The van der Waals surface area contributed by atoms with Crippen molar-refractivity contribution in [1.29, 1.82) is 5.26 Å². The minimum Gasteiger partial charge on any atom is -0.207 e. The van der Waals surface area contributed by atoms with Crippen LogP contribution in [0.15, 0.2) is 23.1 Å². The van der Waals surface area contributed by atoms with Gasteiger partial charge in [-0.05, 0) is 37.5 Å². The highest BCUT2D eigenvalue weighted by Gasteiger charge is 2.31. The number of piperidine rings is 1. The molecule has 1 unspecified atom stereocenters. The van der Waals surface area contributed by atoms with Gasteiger partial charge in [-0.25, -0.2) is 12.8 Å². The van der Waals surface area contributed by atoms with Gasteiger partial charge in [0.25, 0.3) is 0 Å². The molecule has 4 nitrogen and oxygen atoms in total. The zero-order valence-corrected chi connectivity index (χ0v) is 11.5. The van der Waals surface area contributed by atoms with Gasteiger partial charge in [0.2, 0.25) is 10.0 Å². The summed E-state index contributed by atoms with van der Waals surface area (Å²) in [5.41, 5.74) is 0.514. The molecule has 0 bridgehead atoms. The van der Waals surface area contributed by atoms with Gasteiger partial charge in [0.15, 0.2) is 0 Å². The molecule has 1 fully saturated rings. The predicted molar refractivity (Wildman–Crippen MR) is 68.2 cm³/mol. The third kappa shape index (κ3) is 2.77. The minimum atomic E-state index is -3.72. The zero-order chi connectivity index (χ0) is 14.0. The van der Waals surface area contributed by atoms with E-state index in [1.807, 2.05) is 0 Å². The summed E-state index contributed by atoms with van der Waals surface area (Å²) in [6.07, 6.45) is 1.37. The Morgan fingerprint density at radius 1 is 1.47 bits per heavy atom. The maximum atomic E-state index is 13.3. The standard InChI is InChI=1S/C13H15FN2O2S/c1-10-4-5-12(14)7-13(10)19(17,18)16-6-2-3-11(8-15)9-16/h4-5,7,11H,2-3,6,9H2,1H3. The van der Waals surface area contributed by atoms with Gasteiger partial charge in [0.1, 0.15) is 5.82 Å². The molecule has 1 heterocycles. The number of halogens is 1. The molecular weight excluding hydrogens is 267 g/mol. The normalized spacial score (nSPS) is 21.0. The first kappa shape index (κ1) is 14.0. The van der Waals surface area contributed by atoms with E-state index >= 15 is 0 Å². The maximum absolute atomic E-state index is 13.3. The summed E-state index contributed by atoms with van der Waals surface area (Å²) in [7, 11) is -3.72. The Morgan fingerprint density at radius 2 is 2.21 bits per heavy atom. The molecule has 102 valence electrons. The van der Waals surface area contributed by atoms with Gasteiger partial charge < -0.3 is 0 Å². The topological polar surface area (TPSA) is 61.2 Å². The summed E-state index contributed by atoms with van der Waals surface area (Å²) in [6, 6.07) is 5.84. The van der Waals surface area contributed by atoms with Crippen LogP contribution < -0.4 is 0 Å². The van der Waals surface area contributed by atoms with Crippen LogP contribution in [0, 0.1) is 30.0 Å². The fourth-order valence-electron chi connectivity index (χ4n) is 2.26. The van der Waals surface area contributed by atoms with E-state index in [0.717, 1.165) is 6.07 Å². The van der Waals surface area contributed by atoms with Crippen LogP contribution in [-0.2, 0) is 10.0 Å². The number of nitrogens with zero attached hydrogens (tertiary/aromatic N) is 2. The predicted octanol–water partition coefficient (Wildman–Crippen LogP) is 2.06. The van der Waals surface area contributed by atoms with E-state index < -0.39 is 15.8 Å². The molecule has 1 aliphatic heterocycles. The van der Waals surface area contributed by atoms with Gasteiger partial charge in [-0.3, -0.25) is 0 Å². The van der Waals surface area contributed by atoms with Crippen LogP contribution >= 0.6 is 0 Å². The van der Waals surface area contributed by atoms with Crippen LogP contribution in [0.3, 0.4) is 0 Å². The van der Waals surface area contributed by atoms with E-state index in [1.165, 1.54) is 16.4 Å². The van der Waals surface area contributed by atoms with E-state index in [2.05, 4.69) is 6.07 Å². The number of sulfonamides is 1. The van der Waals surface area contributed by atoms with Crippen molar-refractivity contribution in [1.82, 2.24) is 4.31 Å². The number of hydrogen-bond acceptors (Lipinski definition) is 3. The molecule has 0 aromatic heterocycles. The molecule has 1 aromatic rings. The summed E-state index contributed by atoms with van der Waals surface area (Å²) in [4.78, 5) is -0.00825. The van der Waals surface area contributed by atoms with Crippen molar-refractivity contribution in [2.24, 2.45) is 5.92 Å². The van der Waals surface area contributed by atoms with E-state index in [-0.39, 0.29) is 17.4 Å². The fourth-order valence-corrected chi connectivity index (χ4v) is 4.02. The third-order valence-electron chi connectivity index (χ3n) is 3.33. The van der Waals surface area contributed by atoms with Gasteiger partial charge in [0, 0.05) is 13.1 Å². The SMILES string of the molecule is Cc1ccc(F)cc1S(=O)(=O)N1CCCC(C#N)C1. The quantitative estimate of drug-likeness (QED) is 0.834. The smallest absolute Gasteiger partial charge is 0.207 e. The summed E-state index contributed by atoms with van der Waals surface area (Å²) >= 11 is 0. The molecule has 0 aliphatic carbocycles. The number of nitriles is 1. The fraction of sp³-hybridized carbons (Fsp3) is 0.462. The number of rotatable bonds is 2. The molecule has 1 saturated heterocycles. The number of benzene rings is 1. The Morgan fingerprint density at radius 3 is 2.89 bits per heavy atom. The molecule has 0 N–H and O–H groups in total.